The Balaban J connectivity index is -0.000000152. The minimum absolute atomic E-state index is 0. The van der Waals surface area contributed by atoms with Crippen LogP contribution in [0.2, 0.25) is 0 Å². The van der Waals surface area contributed by atoms with Crippen LogP contribution in [0.1, 0.15) is 158 Å². The molecule has 0 saturated heterocycles. The van der Waals surface area contributed by atoms with Gasteiger partial charge in [-0.15, -0.1) is 0 Å². The summed E-state index contributed by atoms with van der Waals surface area (Å²) in [6, 6.07) is 0. The third-order valence-corrected chi connectivity index (χ3v) is 10.5. The monoisotopic (exact) mass is 1120 g/mol. The Morgan fingerprint density at radius 1 is 0.239 bits per heavy atom. The van der Waals surface area contributed by atoms with Gasteiger partial charge in [-0.25, -0.2) is 0 Å². The molecule has 0 atom stereocenters. The van der Waals surface area contributed by atoms with Crippen LogP contribution in [0.4, 0.5) is 0 Å². The number of hydrogen-bond acceptors (Lipinski definition) is 24. The van der Waals surface area contributed by atoms with E-state index in [1.54, 1.807) is 0 Å². The molecule has 0 aromatic rings. The molecule has 0 aromatic heterocycles. The molecule has 0 spiro atoms. The van der Waals surface area contributed by atoms with Gasteiger partial charge in [-0.3, -0.25) is 0 Å². The van der Waals surface area contributed by atoms with Crippen molar-refractivity contribution in [3.05, 3.63) is 0 Å². The second-order valence-electron chi connectivity index (χ2n) is 17.6. The van der Waals surface area contributed by atoms with Gasteiger partial charge in [0.25, 0.3) is 0 Å². The van der Waals surface area contributed by atoms with Gasteiger partial charge in [-0.1, -0.05) is 132 Å². The third kappa shape index (κ3) is 26.9. The van der Waals surface area contributed by atoms with Crippen molar-refractivity contribution in [1.82, 2.24) is 0 Å². The molecule has 0 heterocycles. The summed E-state index contributed by atoms with van der Waals surface area (Å²) in [5.74, 6) is -24.8. The second-order valence-corrected chi connectivity index (χ2v) is 17.6. The molecule has 27 heteroatoms. The van der Waals surface area contributed by atoms with Gasteiger partial charge in [-0.2, -0.15) is 0 Å². The smallest absolute Gasteiger partial charge is 0.549 e. The summed E-state index contributed by atoms with van der Waals surface area (Å²) in [6.45, 7) is 15.6. The molecule has 0 fully saturated rings. The molecule has 0 rings (SSSR count). The van der Waals surface area contributed by atoms with E-state index in [0.29, 0.717) is 49.4 Å². The van der Waals surface area contributed by atoms with Crippen LogP contribution in [0.3, 0.4) is 0 Å². The van der Waals surface area contributed by atoms with Crippen molar-refractivity contribution in [1.29, 1.82) is 0 Å². The molecule has 0 radical (unpaired) electrons. The first-order chi connectivity index (χ1) is 31.0. The maximum Gasteiger partial charge on any atom is 4.00 e. The van der Waals surface area contributed by atoms with Gasteiger partial charge >= 0.3 is 65.2 Å². The number of unbranched alkanes of at least 4 members (excludes halogenated alkanes) is 4. The standard InChI is InChI=1S/4C11H18O6.3Ti/c4*1-7(2)5-3-4-6-11(8(12)13,9(14)15)10(16)17;;;/h4*7H,3-6H2,1-2H3,(H,12,13)(H,14,15)(H,16,17);;;/q;;;;3*+4/p-12. The average Bonchev–Trinajstić information content (AvgIpc) is 3.16. The van der Waals surface area contributed by atoms with Crippen LogP contribution in [0.15, 0.2) is 0 Å². The van der Waals surface area contributed by atoms with Crippen molar-refractivity contribution in [2.75, 3.05) is 0 Å². The van der Waals surface area contributed by atoms with Gasteiger partial charge in [0, 0.05) is 0 Å². The van der Waals surface area contributed by atoms with Crippen LogP contribution in [0, 0.1) is 45.3 Å². The molecule has 0 aliphatic heterocycles. The number of carbonyl (C=O) groups excluding carboxylic acids is 12. The van der Waals surface area contributed by atoms with E-state index in [9.17, 15) is 119 Å². The zero-order chi connectivity index (χ0) is 54.6. The van der Waals surface area contributed by atoms with E-state index in [0.717, 1.165) is 25.7 Å². The Bertz CT molecular complexity index is 1350. The average molecular weight is 1120 g/mol. The topological polar surface area (TPSA) is 482 Å². The normalized spacial score (nSPS) is 11.0. The van der Waals surface area contributed by atoms with E-state index < -0.39 is 119 Å². The zero-order valence-corrected chi connectivity index (χ0v) is 45.6. The van der Waals surface area contributed by atoms with E-state index in [2.05, 4.69) is 0 Å². The number of carbonyl (C=O) groups is 12. The Labute approximate surface area is 456 Å². The van der Waals surface area contributed by atoms with Crippen molar-refractivity contribution < 1.29 is 184 Å². The molecule has 392 valence electrons. The minimum atomic E-state index is -3.04. The molecule has 0 saturated carbocycles. The summed E-state index contributed by atoms with van der Waals surface area (Å²) in [7, 11) is 0. The molecule has 0 N–H and O–H groups in total. The van der Waals surface area contributed by atoms with Crippen LogP contribution in [0.5, 0.6) is 0 Å². The van der Waals surface area contributed by atoms with Gasteiger partial charge in [0.05, 0.1) is 93.3 Å². The largest absolute Gasteiger partial charge is 4.00 e. The van der Waals surface area contributed by atoms with E-state index >= 15 is 0 Å². The first-order valence-electron chi connectivity index (χ1n) is 21.6. The quantitative estimate of drug-likeness (QED) is 0.0343. The Hall–Kier alpha value is -4.22. The van der Waals surface area contributed by atoms with Gasteiger partial charge in [0.15, 0.2) is 0 Å². The summed E-state index contributed by atoms with van der Waals surface area (Å²) in [6.07, 6.45) is 3.43. The van der Waals surface area contributed by atoms with Crippen molar-refractivity contribution in [3.63, 3.8) is 0 Å². The van der Waals surface area contributed by atoms with Crippen molar-refractivity contribution in [2.24, 2.45) is 45.3 Å². The van der Waals surface area contributed by atoms with E-state index in [-0.39, 0.29) is 90.8 Å². The van der Waals surface area contributed by atoms with Gasteiger partial charge in [0.2, 0.25) is 0 Å². The molecule has 0 aromatic carbocycles. The van der Waals surface area contributed by atoms with E-state index in [1.165, 1.54) is 0 Å². The minimum Gasteiger partial charge on any atom is -0.549 e. The number of rotatable bonds is 32. The first-order valence-corrected chi connectivity index (χ1v) is 21.6. The van der Waals surface area contributed by atoms with E-state index in [4.69, 9.17) is 0 Å². The molecule has 0 aliphatic carbocycles. The number of carboxylic acid groups (broad SMARTS) is 12. The van der Waals surface area contributed by atoms with Crippen molar-refractivity contribution in [2.45, 2.75) is 158 Å². The van der Waals surface area contributed by atoms with Gasteiger partial charge < -0.3 is 119 Å². The van der Waals surface area contributed by atoms with Crippen molar-refractivity contribution >= 4 is 71.6 Å². The summed E-state index contributed by atoms with van der Waals surface area (Å²) in [4.78, 5) is 128. The molecular formula is C44H60O24Ti3. The fourth-order valence-corrected chi connectivity index (χ4v) is 6.00. The van der Waals surface area contributed by atoms with Gasteiger partial charge in [-0.05, 0) is 49.4 Å². The van der Waals surface area contributed by atoms with Crippen LogP contribution >= 0.6 is 0 Å². The molecular weight excluding hydrogens is 1060 g/mol. The number of aliphatic carboxylic acids is 12. The first kappa shape index (κ1) is 80.9. The van der Waals surface area contributed by atoms with Crippen LogP contribution < -0.4 is 61.3 Å². The predicted molar refractivity (Wildman–Crippen MR) is 203 cm³/mol. The Morgan fingerprint density at radius 3 is 0.408 bits per heavy atom. The SMILES string of the molecule is CC(C)CCCCC(C(=O)[O-])(C(=O)[O-])C(=O)[O-].CC(C)CCCCC(C(=O)[O-])(C(=O)[O-])C(=O)[O-].CC(C)CCCCC(C(=O)[O-])(C(=O)[O-])C(=O)[O-].CC(C)CCCCC(C(=O)[O-])(C(=O)[O-])C(=O)[O-].[Ti+4].[Ti+4].[Ti+4]. The molecule has 0 unspecified atom stereocenters. The Morgan fingerprint density at radius 2 is 0.338 bits per heavy atom. The molecule has 0 amide bonds. The number of carboxylic acids is 12. The fraction of sp³-hybridized carbons (Fsp3) is 0.727. The number of hydrogen-bond donors (Lipinski definition) is 0. The third-order valence-electron chi connectivity index (χ3n) is 10.5. The Kier molecular flexibility index (Phi) is 44.8. The fourth-order valence-electron chi connectivity index (χ4n) is 6.00. The molecule has 0 aliphatic rings. The van der Waals surface area contributed by atoms with Crippen LogP contribution in [-0.4, -0.2) is 71.6 Å². The predicted octanol–water partition coefficient (Wildman–Crippen LogP) is -10.3. The molecule has 24 nitrogen and oxygen atoms in total. The van der Waals surface area contributed by atoms with Crippen LogP contribution in [-0.2, 0) is 123 Å². The summed E-state index contributed by atoms with van der Waals surface area (Å²) in [5.41, 5.74) is -12.2. The maximum atomic E-state index is 10.7. The summed E-state index contributed by atoms with van der Waals surface area (Å²) in [5, 5.41) is 128. The zero-order valence-electron chi connectivity index (χ0n) is 40.9. The van der Waals surface area contributed by atoms with Crippen LogP contribution in [0.25, 0.3) is 0 Å². The van der Waals surface area contributed by atoms with Crippen molar-refractivity contribution in [3.8, 4) is 0 Å². The summed E-state index contributed by atoms with van der Waals surface area (Å²) < 4.78 is 0. The van der Waals surface area contributed by atoms with Gasteiger partial charge in [0.1, 0.15) is 0 Å². The summed E-state index contributed by atoms with van der Waals surface area (Å²) >= 11 is 0. The molecule has 71 heavy (non-hydrogen) atoms. The molecule has 0 bridgehead atoms. The van der Waals surface area contributed by atoms with E-state index in [1.807, 2.05) is 55.4 Å². The maximum absolute atomic E-state index is 10.7. The second kappa shape index (κ2) is 39.3.